The number of unbranched alkanes of at least 4 members (excludes halogenated alkanes) is 1. The lowest BCUT2D eigenvalue weighted by atomic mass is 9.68. The van der Waals surface area contributed by atoms with E-state index >= 15 is 0 Å². The van der Waals surface area contributed by atoms with Gasteiger partial charge in [0.1, 0.15) is 5.82 Å². The van der Waals surface area contributed by atoms with Crippen molar-refractivity contribution in [1.29, 1.82) is 0 Å². The topological polar surface area (TPSA) is 51.2 Å². The summed E-state index contributed by atoms with van der Waals surface area (Å²) in [4.78, 5) is 17.8. The van der Waals surface area contributed by atoms with Gasteiger partial charge in [-0.3, -0.25) is 4.79 Å². The van der Waals surface area contributed by atoms with Crippen molar-refractivity contribution in [2.45, 2.75) is 64.2 Å². The summed E-state index contributed by atoms with van der Waals surface area (Å²) in [5, 5.41) is 3.02. The van der Waals surface area contributed by atoms with Crippen LogP contribution in [-0.2, 0) is 10.2 Å². The molecule has 1 aliphatic carbocycles. The molecule has 1 N–H and O–H groups in total. The number of nitrogens with one attached hydrogen (secondary N) is 1. The molecule has 4 nitrogen and oxygen atoms in total. The second kappa shape index (κ2) is 9.18. The van der Waals surface area contributed by atoms with Gasteiger partial charge < -0.3 is 10.1 Å². The first-order valence-corrected chi connectivity index (χ1v) is 10.2. The number of aryl methyl sites for hydroxylation is 1. The summed E-state index contributed by atoms with van der Waals surface area (Å²) in [6.07, 6.45) is 6.27. The molecule has 1 aliphatic rings. The molecule has 5 heteroatoms. The minimum Gasteiger partial charge on any atom is -0.478 e. The molecular weight excluding hydrogens is 355 g/mol. The quantitative estimate of drug-likeness (QED) is 0.637. The molecule has 0 spiro atoms. The van der Waals surface area contributed by atoms with E-state index in [4.69, 9.17) is 4.74 Å². The zero-order valence-electron chi connectivity index (χ0n) is 16.8. The zero-order chi connectivity index (χ0) is 20.0. The maximum Gasteiger partial charge on any atom is 0.235 e. The van der Waals surface area contributed by atoms with E-state index in [-0.39, 0.29) is 11.7 Å². The van der Waals surface area contributed by atoms with Gasteiger partial charge in [-0.25, -0.2) is 9.37 Å². The van der Waals surface area contributed by atoms with Crippen molar-refractivity contribution in [3.05, 3.63) is 53.5 Å². The fourth-order valence-electron chi connectivity index (χ4n) is 3.94. The van der Waals surface area contributed by atoms with Crippen molar-refractivity contribution in [3.8, 4) is 5.88 Å². The maximum atomic E-state index is 14.6. The monoisotopic (exact) mass is 384 g/mol. The van der Waals surface area contributed by atoms with Crippen LogP contribution in [0.1, 0.15) is 63.1 Å². The summed E-state index contributed by atoms with van der Waals surface area (Å²) in [7, 11) is 0. The largest absolute Gasteiger partial charge is 0.478 e. The number of carbonyl (C=O) groups is 1. The standard InChI is InChI=1S/C23H29FN2O2/c1-3-4-16-28-21-13-12-20(17(2)25-21)26-22(27)23(14-8-5-9-15-23)18-10-6-7-11-19(18)24/h6-7,10-13H,3-5,8-9,14-16H2,1-2H3,(H,26,27). The zero-order valence-corrected chi connectivity index (χ0v) is 16.8. The Bertz CT molecular complexity index is 816. The Morgan fingerprint density at radius 3 is 2.61 bits per heavy atom. The predicted octanol–water partition coefficient (Wildman–Crippen LogP) is 5.55. The number of amides is 1. The van der Waals surface area contributed by atoms with Gasteiger partial charge in [-0.2, -0.15) is 0 Å². The Labute approximate surface area is 166 Å². The lowest BCUT2D eigenvalue weighted by Gasteiger charge is -2.36. The highest BCUT2D eigenvalue weighted by Gasteiger charge is 2.43. The van der Waals surface area contributed by atoms with Crippen molar-refractivity contribution in [3.63, 3.8) is 0 Å². The molecule has 0 aliphatic heterocycles. The lowest BCUT2D eigenvalue weighted by molar-refractivity contribution is -0.122. The highest BCUT2D eigenvalue weighted by molar-refractivity contribution is 5.99. The average molecular weight is 384 g/mol. The number of hydrogen-bond donors (Lipinski definition) is 1. The summed E-state index contributed by atoms with van der Waals surface area (Å²) in [6.45, 7) is 4.58. The molecule has 1 saturated carbocycles. The minimum atomic E-state index is -0.827. The smallest absolute Gasteiger partial charge is 0.235 e. The van der Waals surface area contributed by atoms with Crippen LogP contribution in [0, 0.1) is 12.7 Å². The van der Waals surface area contributed by atoms with Gasteiger partial charge in [-0.05, 0) is 38.3 Å². The summed E-state index contributed by atoms with van der Waals surface area (Å²) in [5.74, 6) is 0.0985. The van der Waals surface area contributed by atoms with Gasteiger partial charge in [-0.15, -0.1) is 0 Å². The van der Waals surface area contributed by atoms with Crippen molar-refractivity contribution in [2.75, 3.05) is 11.9 Å². The first-order chi connectivity index (χ1) is 13.6. The highest BCUT2D eigenvalue weighted by atomic mass is 19.1. The second-order valence-corrected chi connectivity index (χ2v) is 7.56. The van der Waals surface area contributed by atoms with Gasteiger partial charge >= 0.3 is 0 Å². The number of nitrogens with zero attached hydrogens (tertiary/aromatic N) is 1. The number of ether oxygens (including phenoxy) is 1. The van der Waals surface area contributed by atoms with Gasteiger partial charge in [0.15, 0.2) is 0 Å². The SMILES string of the molecule is CCCCOc1ccc(NC(=O)C2(c3ccccc3F)CCCCC2)c(C)n1. The number of hydrogen-bond acceptors (Lipinski definition) is 3. The van der Waals surface area contributed by atoms with Crippen LogP contribution in [0.15, 0.2) is 36.4 Å². The Morgan fingerprint density at radius 2 is 1.93 bits per heavy atom. The molecule has 28 heavy (non-hydrogen) atoms. The van der Waals surface area contributed by atoms with E-state index < -0.39 is 5.41 Å². The Kier molecular flexibility index (Phi) is 6.65. The molecule has 0 saturated heterocycles. The Balaban J connectivity index is 1.82. The van der Waals surface area contributed by atoms with E-state index in [1.165, 1.54) is 6.07 Å². The molecule has 1 aromatic heterocycles. The molecular formula is C23H29FN2O2. The first kappa shape index (κ1) is 20.3. The predicted molar refractivity (Wildman–Crippen MR) is 109 cm³/mol. The van der Waals surface area contributed by atoms with Crippen LogP contribution in [0.2, 0.25) is 0 Å². The summed E-state index contributed by atoms with van der Waals surface area (Å²) < 4.78 is 20.2. The molecule has 1 heterocycles. The number of carbonyl (C=O) groups excluding carboxylic acids is 1. The molecule has 2 aromatic rings. The average Bonchev–Trinajstić information content (AvgIpc) is 2.71. The molecule has 0 atom stereocenters. The molecule has 0 radical (unpaired) electrons. The Hall–Kier alpha value is -2.43. The fraction of sp³-hybridized carbons (Fsp3) is 0.478. The van der Waals surface area contributed by atoms with Crippen molar-refractivity contribution in [2.24, 2.45) is 0 Å². The number of pyridine rings is 1. The third-order valence-electron chi connectivity index (χ3n) is 5.59. The van der Waals surface area contributed by atoms with Crippen LogP contribution < -0.4 is 10.1 Å². The summed E-state index contributed by atoms with van der Waals surface area (Å²) >= 11 is 0. The normalized spacial score (nSPS) is 15.8. The summed E-state index contributed by atoms with van der Waals surface area (Å²) in [6, 6.07) is 10.2. The number of rotatable bonds is 7. The van der Waals surface area contributed by atoms with Gasteiger partial charge in [0, 0.05) is 11.6 Å². The van der Waals surface area contributed by atoms with E-state index in [9.17, 15) is 9.18 Å². The van der Waals surface area contributed by atoms with Crippen LogP contribution in [0.4, 0.5) is 10.1 Å². The van der Waals surface area contributed by atoms with Crippen LogP contribution in [0.25, 0.3) is 0 Å². The van der Waals surface area contributed by atoms with Gasteiger partial charge in [-0.1, -0.05) is 50.8 Å². The van der Waals surface area contributed by atoms with Crippen LogP contribution in [-0.4, -0.2) is 17.5 Å². The van der Waals surface area contributed by atoms with Crippen molar-refractivity contribution in [1.82, 2.24) is 4.98 Å². The highest BCUT2D eigenvalue weighted by Crippen LogP contribution is 2.41. The molecule has 0 unspecified atom stereocenters. The number of benzene rings is 1. The molecule has 1 fully saturated rings. The Morgan fingerprint density at radius 1 is 1.18 bits per heavy atom. The van der Waals surface area contributed by atoms with Crippen LogP contribution in [0.5, 0.6) is 5.88 Å². The van der Waals surface area contributed by atoms with Gasteiger partial charge in [0.2, 0.25) is 11.8 Å². The van der Waals surface area contributed by atoms with Crippen LogP contribution in [0.3, 0.4) is 0 Å². The third-order valence-corrected chi connectivity index (χ3v) is 5.59. The van der Waals surface area contributed by atoms with E-state index in [1.807, 2.05) is 13.0 Å². The van der Waals surface area contributed by atoms with Gasteiger partial charge in [0.05, 0.1) is 23.4 Å². The lowest BCUT2D eigenvalue weighted by Crippen LogP contribution is -2.42. The number of aromatic nitrogens is 1. The molecule has 0 bridgehead atoms. The summed E-state index contributed by atoms with van der Waals surface area (Å²) in [5.41, 5.74) is 1.01. The molecule has 1 aromatic carbocycles. The third kappa shape index (κ3) is 4.34. The first-order valence-electron chi connectivity index (χ1n) is 10.2. The second-order valence-electron chi connectivity index (χ2n) is 7.56. The maximum absolute atomic E-state index is 14.6. The molecule has 3 rings (SSSR count). The van der Waals surface area contributed by atoms with E-state index in [0.29, 0.717) is 42.3 Å². The van der Waals surface area contributed by atoms with E-state index in [1.54, 1.807) is 24.3 Å². The van der Waals surface area contributed by atoms with E-state index in [0.717, 1.165) is 32.1 Å². The fourth-order valence-corrected chi connectivity index (χ4v) is 3.94. The van der Waals surface area contributed by atoms with Gasteiger partial charge in [0.25, 0.3) is 0 Å². The molecule has 150 valence electrons. The van der Waals surface area contributed by atoms with E-state index in [2.05, 4.69) is 17.2 Å². The van der Waals surface area contributed by atoms with Crippen molar-refractivity contribution < 1.29 is 13.9 Å². The number of anilines is 1. The van der Waals surface area contributed by atoms with Crippen LogP contribution >= 0.6 is 0 Å². The molecule has 1 amide bonds. The minimum absolute atomic E-state index is 0.151. The number of halogens is 1. The van der Waals surface area contributed by atoms with Crippen molar-refractivity contribution >= 4 is 11.6 Å².